The summed E-state index contributed by atoms with van der Waals surface area (Å²) in [5, 5.41) is 13.1. The molecule has 0 bridgehead atoms. The van der Waals surface area contributed by atoms with E-state index >= 15 is 0 Å². The van der Waals surface area contributed by atoms with Crippen LogP contribution in [-0.4, -0.2) is 91.5 Å². The minimum absolute atomic E-state index is 0.00731. The summed E-state index contributed by atoms with van der Waals surface area (Å²) in [7, 11) is -2.50. The van der Waals surface area contributed by atoms with Gasteiger partial charge in [0.1, 0.15) is 5.75 Å². The van der Waals surface area contributed by atoms with E-state index in [2.05, 4.69) is 5.43 Å². The number of benzene rings is 2. The zero-order valence-electron chi connectivity index (χ0n) is 26.1. The van der Waals surface area contributed by atoms with Crippen molar-refractivity contribution in [2.75, 3.05) is 39.8 Å². The van der Waals surface area contributed by atoms with Crippen molar-refractivity contribution in [1.29, 1.82) is 0 Å². The average molecular weight is 617 g/mol. The van der Waals surface area contributed by atoms with Crippen molar-refractivity contribution >= 4 is 21.8 Å². The van der Waals surface area contributed by atoms with Gasteiger partial charge in [0, 0.05) is 19.5 Å². The molecule has 0 radical (unpaired) electrons. The molecule has 0 spiro atoms. The van der Waals surface area contributed by atoms with Crippen LogP contribution < -0.4 is 10.2 Å². The van der Waals surface area contributed by atoms with E-state index in [9.17, 15) is 23.1 Å². The number of sulfonamides is 1. The fourth-order valence-corrected chi connectivity index (χ4v) is 6.87. The summed E-state index contributed by atoms with van der Waals surface area (Å²) in [6.45, 7) is 9.30. The number of hydrazine groups is 1. The topological polar surface area (TPSA) is 119 Å². The Hall–Kier alpha value is -2.99. The molecule has 1 aliphatic heterocycles. The number of methoxy groups -OCH3 is 1. The van der Waals surface area contributed by atoms with Crippen molar-refractivity contribution in [2.45, 2.75) is 70.4 Å². The summed E-state index contributed by atoms with van der Waals surface area (Å²) in [6.07, 6.45) is 1.10. The lowest BCUT2D eigenvalue weighted by Gasteiger charge is -2.37. The van der Waals surface area contributed by atoms with E-state index in [1.165, 1.54) is 28.6 Å². The van der Waals surface area contributed by atoms with E-state index in [0.29, 0.717) is 5.75 Å². The molecule has 0 aromatic heterocycles. The lowest BCUT2D eigenvalue weighted by Crippen LogP contribution is -2.60. The Morgan fingerprint density at radius 2 is 1.58 bits per heavy atom. The highest BCUT2D eigenvalue weighted by atomic mass is 32.2. The maximum Gasteiger partial charge on any atom is 0.252 e. The molecular weight excluding hydrogens is 568 g/mol. The van der Waals surface area contributed by atoms with E-state index in [1.54, 1.807) is 12.1 Å². The van der Waals surface area contributed by atoms with Crippen LogP contribution >= 0.6 is 0 Å². The Labute approximate surface area is 257 Å². The van der Waals surface area contributed by atoms with Crippen LogP contribution in [0.1, 0.15) is 52.5 Å². The van der Waals surface area contributed by atoms with Crippen LogP contribution in [0.25, 0.3) is 0 Å². The molecule has 2 aromatic rings. The molecule has 43 heavy (non-hydrogen) atoms. The highest BCUT2D eigenvalue weighted by molar-refractivity contribution is 7.89. The van der Waals surface area contributed by atoms with Gasteiger partial charge < -0.3 is 9.84 Å². The molecule has 2 N–H and O–H groups in total. The quantitative estimate of drug-likeness (QED) is 0.295. The summed E-state index contributed by atoms with van der Waals surface area (Å²) in [5.41, 5.74) is 3.65. The van der Waals surface area contributed by atoms with Gasteiger partial charge in [-0.05, 0) is 74.0 Å². The minimum atomic E-state index is -4.01. The van der Waals surface area contributed by atoms with E-state index in [1.807, 2.05) is 62.9 Å². The molecule has 0 saturated carbocycles. The van der Waals surface area contributed by atoms with Gasteiger partial charge in [0.25, 0.3) is 5.91 Å². The van der Waals surface area contributed by atoms with Gasteiger partial charge in [0.15, 0.2) is 0 Å². The number of nitrogens with zero attached hydrogens (tertiary/aromatic N) is 3. The van der Waals surface area contributed by atoms with Crippen LogP contribution in [0, 0.1) is 11.8 Å². The number of aliphatic hydroxyl groups excluding tert-OH is 1. The molecule has 0 aliphatic carbocycles. The number of carbonyl (C=O) groups is 2. The van der Waals surface area contributed by atoms with Crippen molar-refractivity contribution in [3.63, 3.8) is 0 Å². The third kappa shape index (κ3) is 10.3. The lowest BCUT2D eigenvalue weighted by molar-refractivity contribution is -0.148. The van der Waals surface area contributed by atoms with Crippen LogP contribution in [0.2, 0.25) is 0 Å². The van der Waals surface area contributed by atoms with Crippen LogP contribution in [-0.2, 0) is 26.0 Å². The lowest BCUT2D eigenvalue weighted by atomic mass is 9.99. The minimum Gasteiger partial charge on any atom is -0.497 e. The predicted molar refractivity (Wildman–Crippen MR) is 167 cm³/mol. The van der Waals surface area contributed by atoms with Gasteiger partial charge >= 0.3 is 0 Å². The van der Waals surface area contributed by atoms with Crippen molar-refractivity contribution < 1.29 is 27.9 Å². The zero-order chi connectivity index (χ0) is 31.6. The van der Waals surface area contributed by atoms with Crippen LogP contribution in [0.4, 0.5) is 0 Å². The number of hydrogen-bond acceptors (Lipinski definition) is 7. The number of hydrogen-bond donors (Lipinski definition) is 2. The first-order valence-corrected chi connectivity index (χ1v) is 16.5. The second-order valence-corrected chi connectivity index (χ2v) is 14.0. The molecule has 2 atom stereocenters. The van der Waals surface area contributed by atoms with Gasteiger partial charge in [0.2, 0.25) is 15.9 Å². The van der Waals surface area contributed by atoms with Crippen LogP contribution in [0.3, 0.4) is 0 Å². The van der Waals surface area contributed by atoms with Crippen molar-refractivity contribution in [2.24, 2.45) is 11.8 Å². The highest BCUT2D eigenvalue weighted by Gasteiger charge is 2.36. The smallest absolute Gasteiger partial charge is 0.252 e. The molecule has 1 fully saturated rings. The van der Waals surface area contributed by atoms with E-state index in [-0.39, 0.29) is 61.0 Å². The average Bonchev–Trinajstić information content (AvgIpc) is 3.47. The number of ether oxygens (including phenoxy) is 1. The fourth-order valence-electron chi connectivity index (χ4n) is 5.25. The number of aliphatic hydroxyl groups is 1. The highest BCUT2D eigenvalue weighted by Crippen LogP contribution is 2.23. The predicted octanol–water partition coefficient (Wildman–Crippen LogP) is 3.32. The van der Waals surface area contributed by atoms with E-state index in [0.717, 1.165) is 31.5 Å². The number of amides is 2. The molecule has 2 amide bonds. The first kappa shape index (κ1) is 34.5. The normalized spacial score (nSPS) is 15.6. The summed E-state index contributed by atoms with van der Waals surface area (Å²) in [4.78, 5) is 29.0. The van der Waals surface area contributed by atoms with Gasteiger partial charge in [0.05, 0.1) is 30.7 Å². The van der Waals surface area contributed by atoms with Crippen molar-refractivity contribution in [3.05, 3.63) is 60.2 Å². The fraction of sp³-hybridized carbons (Fsp3) is 0.562. The number of likely N-dealkylation sites (tertiary alicyclic amines) is 1. The second kappa shape index (κ2) is 16.2. The monoisotopic (exact) mass is 616 g/mol. The number of nitrogens with one attached hydrogen (secondary N) is 1. The summed E-state index contributed by atoms with van der Waals surface area (Å²) in [5.74, 6) is -0.173. The molecule has 1 saturated heterocycles. The third-order valence-electron chi connectivity index (χ3n) is 7.38. The third-order valence-corrected chi connectivity index (χ3v) is 9.23. The van der Waals surface area contributed by atoms with E-state index < -0.39 is 22.2 Å². The first-order chi connectivity index (χ1) is 20.4. The Balaban J connectivity index is 1.97. The molecule has 11 heteroatoms. The maximum atomic E-state index is 13.8. The molecule has 2 aromatic carbocycles. The van der Waals surface area contributed by atoms with Crippen molar-refractivity contribution in [3.8, 4) is 5.75 Å². The SMILES string of the molecule is COc1ccc(S(=O)(=O)N(CC(C)C)C[C@@H](O)[C@H](Cc2ccccc2)N(NC(=O)CN2CCCC2)C(=O)CC(C)C)cc1. The van der Waals surface area contributed by atoms with Gasteiger partial charge in [-0.25, -0.2) is 13.4 Å². The Morgan fingerprint density at radius 1 is 0.953 bits per heavy atom. The Morgan fingerprint density at radius 3 is 2.14 bits per heavy atom. The van der Waals surface area contributed by atoms with Gasteiger partial charge in [-0.15, -0.1) is 0 Å². The maximum absolute atomic E-state index is 13.8. The van der Waals surface area contributed by atoms with Crippen LogP contribution in [0.15, 0.2) is 59.5 Å². The molecule has 1 heterocycles. The molecule has 1 aliphatic rings. The molecule has 238 valence electrons. The summed E-state index contributed by atoms with van der Waals surface area (Å²) >= 11 is 0. The molecular formula is C32H48N4O6S. The summed E-state index contributed by atoms with van der Waals surface area (Å²) < 4.78 is 34.1. The Bertz CT molecular complexity index is 1260. The van der Waals surface area contributed by atoms with Crippen molar-refractivity contribution in [1.82, 2.24) is 19.6 Å². The molecule has 3 rings (SSSR count). The zero-order valence-corrected chi connectivity index (χ0v) is 26.9. The van der Waals surface area contributed by atoms with Crippen LogP contribution in [0.5, 0.6) is 5.75 Å². The summed E-state index contributed by atoms with van der Waals surface area (Å²) in [6, 6.07) is 14.6. The standard InChI is InChI=1S/C32H48N4O6S/c1-24(2)19-32(39)36(33-31(38)23-34-17-9-10-18-34)29(20-26-11-7-6-8-12-26)30(37)22-35(21-25(3)4)43(40,41)28-15-13-27(42-5)14-16-28/h6-8,11-16,24-25,29-30,37H,9-10,17-23H2,1-5H3,(H,33,38)/t29-,30+/m0/s1. The van der Waals surface area contributed by atoms with E-state index in [4.69, 9.17) is 4.74 Å². The van der Waals surface area contributed by atoms with Gasteiger partial charge in [-0.3, -0.25) is 19.9 Å². The number of carbonyl (C=O) groups excluding carboxylic acids is 2. The molecule has 0 unspecified atom stereocenters. The largest absolute Gasteiger partial charge is 0.497 e. The second-order valence-electron chi connectivity index (χ2n) is 12.1. The number of rotatable bonds is 15. The Kier molecular flexibility index (Phi) is 13.0. The van der Waals surface area contributed by atoms with Gasteiger partial charge in [-0.1, -0.05) is 58.0 Å². The molecule has 10 nitrogen and oxygen atoms in total. The first-order valence-electron chi connectivity index (χ1n) is 15.1. The van der Waals surface area contributed by atoms with Gasteiger partial charge in [-0.2, -0.15) is 4.31 Å².